The van der Waals surface area contributed by atoms with Crippen LogP contribution in [0, 0.1) is 23.2 Å². The fourth-order valence-electron chi connectivity index (χ4n) is 8.54. The molecular weight excluding hydrogens is 583 g/mol. The van der Waals surface area contributed by atoms with Gasteiger partial charge in [0.15, 0.2) is 0 Å². The van der Waals surface area contributed by atoms with Crippen molar-refractivity contribution in [2.75, 3.05) is 11.5 Å². The summed E-state index contributed by atoms with van der Waals surface area (Å²) in [4.78, 5) is 11.9. The third-order valence-electron chi connectivity index (χ3n) is 10.7. The quantitative estimate of drug-likeness (QED) is 0.119. The summed E-state index contributed by atoms with van der Waals surface area (Å²) < 4.78 is 68.4. The van der Waals surface area contributed by atoms with Crippen LogP contribution in [-0.2, 0) is 16.0 Å². The van der Waals surface area contributed by atoms with Crippen LogP contribution in [0.3, 0.4) is 0 Å². The van der Waals surface area contributed by atoms with Crippen molar-refractivity contribution in [3.05, 3.63) is 29.3 Å². The Morgan fingerprint density at radius 3 is 2.35 bits per heavy atom. The second kappa shape index (κ2) is 14.7. The molecule has 0 bridgehead atoms. The lowest BCUT2D eigenvalue weighted by Crippen LogP contribution is -2.48. The summed E-state index contributed by atoms with van der Waals surface area (Å²) in [5, 5.41) is 10.2. The second-order valence-electron chi connectivity index (χ2n) is 13.5. The van der Waals surface area contributed by atoms with Crippen LogP contribution in [-0.4, -0.2) is 40.8 Å². The number of rotatable bonds is 15. The molecule has 3 nitrogen and oxygen atoms in total. The van der Waals surface area contributed by atoms with Crippen molar-refractivity contribution in [2.45, 2.75) is 134 Å². The van der Waals surface area contributed by atoms with E-state index < -0.39 is 18.5 Å². The molecule has 0 saturated heterocycles. The van der Waals surface area contributed by atoms with E-state index in [0.717, 1.165) is 63.5 Å². The zero-order valence-corrected chi connectivity index (χ0v) is 26.5. The fraction of sp³-hybridized carbons (Fsp3) is 0.794. The Morgan fingerprint density at radius 1 is 0.977 bits per heavy atom. The van der Waals surface area contributed by atoms with Crippen molar-refractivity contribution < 1.29 is 36.6 Å². The van der Waals surface area contributed by atoms with Crippen LogP contribution < -0.4 is 0 Å². The molecule has 0 amide bonds. The van der Waals surface area contributed by atoms with E-state index in [1.807, 2.05) is 12.1 Å². The van der Waals surface area contributed by atoms with E-state index in [1.54, 1.807) is 0 Å². The molecule has 4 rings (SSSR count). The number of esters is 1. The minimum Gasteiger partial charge on any atom is -0.508 e. The molecule has 2 saturated carbocycles. The summed E-state index contributed by atoms with van der Waals surface area (Å²) in [5.41, 5.74) is 2.75. The van der Waals surface area contributed by atoms with E-state index in [2.05, 4.69) is 13.0 Å². The second-order valence-corrected chi connectivity index (χ2v) is 14.8. The molecule has 2 fully saturated rings. The Balaban J connectivity index is 1.18. The standard InChI is InChI=1S/C34H49F5O3S/c1-23(40)42-30-15-14-29-31-24(21-25-22-26(41)12-13-27(25)28(31)16-18-32(29,30)2)11-8-6-4-3-5-7-9-19-43-20-10-17-33(35,36)34(37,38)39/h12-13,22,24,28-31,41H,3-11,14-21H2,1-2H3/t24?,28?,29?,30-,31?,32-/m0/s1. The highest BCUT2D eigenvalue weighted by atomic mass is 32.2. The first-order valence-electron chi connectivity index (χ1n) is 16.3. The van der Waals surface area contributed by atoms with Gasteiger partial charge in [-0.25, -0.2) is 0 Å². The minimum absolute atomic E-state index is 0.00958. The van der Waals surface area contributed by atoms with E-state index >= 15 is 0 Å². The van der Waals surface area contributed by atoms with Gasteiger partial charge in [-0.05, 0) is 110 Å². The monoisotopic (exact) mass is 632 g/mol. The summed E-state index contributed by atoms with van der Waals surface area (Å²) >= 11 is 1.47. The highest BCUT2D eigenvalue weighted by Gasteiger charge is 2.58. The third kappa shape index (κ3) is 8.40. The molecule has 1 aromatic rings. The maximum absolute atomic E-state index is 12.9. The Labute approximate surface area is 258 Å². The van der Waals surface area contributed by atoms with Crippen LogP contribution in [0.25, 0.3) is 0 Å². The largest absolute Gasteiger partial charge is 0.508 e. The van der Waals surface area contributed by atoms with Gasteiger partial charge >= 0.3 is 18.1 Å². The van der Waals surface area contributed by atoms with Gasteiger partial charge in [0, 0.05) is 18.8 Å². The molecule has 0 aliphatic heterocycles. The number of fused-ring (bicyclic) bond motifs is 5. The molecule has 1 N–H and O–H groups in total. The summed E-state index contributed by atoms with van der Waals surface area (Å²) in [5.74, 6) is -1.09. The number of thioether (sulfide) groups is 1. The zero-order valence-electron chi connectivity index (χ0n) is 25.7. The Hall–Kier alpha value is -1.51. The van der Waals surface area contributed by atoms with Gasteiger partial charge in [-0.1, -0.05) is 51.5 Å². The van der Waals surface area contributed by atoms with Crippen molar-refractivity contribution in [1.29, 1.82) is 0 Å². The predicted molar refractivity (Wildman–Crippen MR) is 162 cm³/mol. The van der Waals surface area contributed by atoms with Gasteiger partial charge in [-0.15, -0.1) is 0 Å². The number of aromatic hydroxyl groups is 1. The van der Waals surface area contributed by atoms with Crippen molar-refractivity contribution >= 4 is 17.7 Å². The summed E-state index contributed by atoms with van der Waals surface area (Å²) in [6.45, 7) is 3.87. The number of hydrogen-bond acceptors (Lipinski definition) is 4. The van der Waals surface area contributed by atoms with Gasteiger partial charge in [0.1, 0.15) is 11.9 Å². The van der Waals surface area contributed by atoms with Crippen molar-refractivity contribution in [2.24, 2.45) is 23.2 Å². The Morgan fingerprint density at radius 2 is 1.65 bits per heavy atom. The van der Waals surface area contributed by atoms with Gasteiger partial charge in [-0.3, -0.25) is 4.79 Å². The Kier molecular flexibility index (Phi) is 11.8. The van der Waals surface area contributed by atoms with Gasteiger partial charge in [0.2, 0.25) is 0 Å². The number of alkyl halides is 5. The maximum atomic E-state index is 12.9. The van der Waals surface area contributed by atoms with E-state index in [9.17, 15) is 31.9 Å². The molecule has 3 aliphatic rings. The summed E-state index contributed by atoms with van der Waals surface area (Å²) in [6.07, 6.45) is 7.53. The van der Waals surface area contributed by atoms with Gasteiger partial charge in [-0.2, -0.15) is 33.7 Å². The highest BCUT2D eigenvalue weighted by molar-refractivity contribution is 7.99. The lowest BCUT2D eigenvalue weighted by atomic mass is 9.52. The van der Waals surface area contributed by atoms with E-state index in [1.165, 1.54) is 55.5 Å². The average molecular weight is 633 g/mol. The van der Waals surface area contributed by atoms with E-state index in [-0.39, 0.29) is 23.9 Å². The molecule has 6 atom stereocenters. The van der Waals surface area contributed by atoms with Crippen molar-refractivity contribution in [1.82, 2.24) is 0 Å². The molecule has 1 aromatic carbocycles. The lowest BCUT2D eigenvalue weighted by molar-refractivity contribution is -0.284. The van der Waals surface area contributed by atoms with E-state index in [4.69, 9.17) is 4.74 Å². The number of hydrogen-bond donors (Lipinski definition) is 1. The molecular formula is C34H49F5O3S. The van der Waals surface area contributed by atoms with Gasteiger partial charge < -0.3 is 9.84 Å². The van der Waals surface area contributed by atoms with Gasteiger partial charge in [0.05, 0.1) is 0 Å². The first-order chi connectivity index (χ1) is 20.3. The predicted octanol–water partition coefficient (Wildman–Crippen LogP) is 10.2. The summed E-state index contributed by atoms with van der Waals surface area (Å²) in [6, 6.07) is 5.95. The first kappa shape index (κ1) is 34.4. The lowest BCUT2D eigenvalue weighted by Gasteiger charge is -2.53. The molecule has 0 heterocycles. The molecule has 9 heteroatoms. The van der Waals surface area contributed by atoms with Crippen molar-refractivity contribution in [3.63, 3.8) is 0 Å². The van der Waals surface area contributed by atoms with Gasteiger partial charge in [0.25, 0.3) is 0 Å². The number of carbonyl (C=O) groups is 1. The van der Waals surface area contributed by atoms with Crippen LogP contribution >= 0.6 is 11.8 Å². The number of benzene rings is 1. The molecule has 4 unspecified atom stereocenters. The molecule has 244 valence electrons. The minimum atomic E-state index is -5.45. The Bertz CT molecular complexity index is 1060. The number of phenols is 1. The number of unbranched alkanes of at least 4 members (excludes halogenated alkanes) is 6. The zero-order chi connectivity index (χ0) is 31.3. The number of carbonyl (C=O) groups excluding carboxylic acids is 1. The molecule has 0 aromatic heterocycles. The van der Waals surface area contributed by atoms with Crippen LogP contribution in [0.2, 0.25) is 0 Å². The van der Waals surface area contributed by atoms with E-state index in [0.29, 0.717) is 35.2 Å². The number of halogens is 5. The third-order valence-corrected chi connectivity index (χ3v) is 11.8. The molecule has 0 radical (unpaired) electrons. The highest BCUT2D eigenvalue weighted by Crippen LogP contribution is 2.63. The van der Waals surface area contributed by atoms with Crippen LogP contribution in [0.15, 0.2) is 18.2 Å². The van der Waals surface area contributed by atoms with Crippen molar-refractivity contribution in [3.8, 4) is 5.75 Å². The van der Waals surface area contributed by atoms with Crippen LogP contribution in [0.1, 0.15) is 121 Å². The smallest absolute Gasteiger partial charge is 0.453 e. The topological polar surface area (TPSA) is 46.5 Å². The van der Waals surface area contributed by atoms with Crippen LogP contribution in [0.5, 0.6) is 5.75 Å². The number of phenolic OH excluding ortho intramolecular Hbond substituents is 1. The molecule has 43 heavy (non-hydrogen) atoms. The molecule has 0 spiro atoms. The maximum Gasteiger partial charge on any atom is 0.453 e. The molecule has 3 aliphatic carbocycles. The average Bonchev–Trinajstić information content (AvgIpc) is 3.25. The SMILES string of the molecule is CC(=O)O[C@H]1CCC2C3C(CCCCCCCCCSCCCC(F)(F)C(F)(F)F)Cc4cc(O)ccc4C3CC[C@@]21C. The van der Waals surface area contributed by atoms with Crippen LogP contribution in [0.4, 0.5) is 22.0 Å². The fourth-order valence-corrected chi connectivity index (χ4v) is 9.50. The normalized spacial score (nSPS) is 28.7. The number of ether oxygens (including phenoxy) is 1. The summed E-state index contributed by atoms with van der Waals surface area (Å²) in [7, 11) is 0. The first-order valence-corrected chi connectivity index (χ1v) is 17.5.